The fourth-order valence-corrected chi connectivity index (χ4v) is 6.47. The fraction of sp³-hybridized carbons (Fsp3) is 0.0526. The lowest BCUT2D eigenvalue weighted by atomic mass is 10.0. The molecular weight excluding hydrogens is 512 g/mol. The van der Waals surface area contributed by atoms with E-state index >= 15 is 0 Å². The monoisotopic (exact) mass is 538 g/mol. The summed E-state index contributed by atoms with van der Waals surface area (Å²) in [5.74, 6) is 0. The summed E-state index contributed by atoms with van der Waals surface area (Å²) >= 11 is 0. The van der Waals surface area contributed by atoms with E-state index in [1.54, 1.807) is 0 Å². The number of rotatable bonds is 3. The molecule has 8 aromatic rings. The lowest BCUT2D eigenvalue weighted by Gasteiger charge is -2.18. The summed E-state index contributed by atoms with van der Waals surface area (Å²) in [4.78, 5) is 8.46. The topological polar surface area (TPSA) is 27.1 Å². The van der Waals surface area contributed by atoms with E-state index in [9.17, 15) is 0 Å². The van der Waals surface area contributed by atoms with Crippen molar-refractivity contribution >= 4 is 49.3 Å². The van der Waals surface area contributed by atoms with E-state index in [1.165, 1.54) is 32.7 Å². The van der Waals surface area contributed by atoms with Crippen LogP contribution in [0.5, 0.6) is 0 Å². The van der Waals surface area contributed by atoms with Gasteiger partial charge in [-0.15, -0.1) is 0 Å². The summed E-state index contributed by atoms with van der Waals surface area (Å²) in [6.07, 6.45) is 3.83. The van der Waals surface area contributed by atoms with Crippen LogP contribution in [0.4, 0.5) is 5.69 Å². The van der Waals surface area contributed by atoms with Gasteiger partial charge >= 0.3 is 0 Å². The van der Waals surface area contributed by atoms with Gasteiger partial charge in [-0.1, -0.05) is 72.8 Å². The molecule has 4 nitrogen and oxygen atoms in total. The normalized spacial score (nSPS) is 11.5. The molecule has 0 aliphatic carbocycles. The molecule has 4 heteroatoms. The minimum Gasteiger partial charge on any atom is -0.310 e. The van der Waals surface area contributed by atoms with E-state index in [0.717, 1.165) is 44.6 Å². The van der Waals surface area contributed by atoms with Crippen molar-refractivity contribution in [1.29, 1.82) is 0 Å². The van der Waals surface area contributed by atoms with Crippen LogP contribution < -0.4 is 0 Å². The predicted molar refractivity (Wildman–Crippen MR) is 174 cm³/mol. The molecule has 0 amide bonds. The Bertz CT molecular complexity index is 2400. The SMILES string of the molecule is [C-]#[N+]c1ccc(-c2cnccc2-n2c3ccccc3c3ccc(C)cc32)c(-n2c3ccccc3c3ccc(C)cc32)c1. The zero-order chi connectivity index (χ0) is 28.4. The number of fused-ring (bicyclic) bond motifs is 6. The molecule has 3 aromatic heterocycles. The molecule has 0 radical (unpaired) electrons. The maximum Gasteiger partial charge on any atom is 0.189 e. The third-order valence-electron chi connectivity index (χ3n) is 8.34. The molecule has 3 heterocycles. The smallest absolute Gasteiger partial charge is 0.189 e. The quantitative estimate of drug-likeness (QED) is 0.206. The van der Waals surface area contributed by atoms with Crippen molar-refractivity contribution in [3.8, 4) is 22.5 Å². The van der Waals surface area contributed by atoms with Gasteiger partial charge < -0.3 is 9.13 Å². The number of aryl methyl sites for hydroxylation is 2. The van der Waals surface area contributed by atoms with Gasteiger partial charge in [0.1, 0.15) is 0 Å². The molecule has 0 unspecified atom stereocenters. The summed E-state index contributed by atoms with van der Waals surface area (Å²) in [5.41, 5.74) is 11.6. The Morgan fingerprint density at radius 1 is 0.548 bits per heavy atom. The molecule has 8 rings (SSSR count). The summed E-state index contributed by atoms with van der Waals surface area (Å²) < 4.78 is 4.67. The van der Waals surface area contributed by atoms with E-state index in [-0.39, 0.29) is 0 Å². The maximum absolute atomic E-state index is 7.86. The Balaban J connectivity index is 1.50. The number of aromatic nitrogens is 3. The summed E-state index contributed by atoms with van der Waals surface area (Å²) in [5, 5.41) is 4.83. The van der Waals surface area contributed by atoms with E-state index in [2.05, 4.69) is 130 Å². The number of hydrogen-bond donors (Lipinski definition) is 0. The van der Waals surface area contributed by atoms with Crippen LogP contribution in [0.3, 0.4) is 0 Å². The van der Waals surface area contributed by atoms with Crippen LogP contribution in [0.2, 0.25) is 0 Å². The van der Waals surface area contributed by atoms with Gasteiger partial charge in [-0.3, -0.25) is 4.98 Å². The molecule has 42 heavy (non-hydrogen) atoms. The van der Waals surface area contributed by atoms with Gasteiger partial charge in [0.2, 0.25) is 0 Å². The van der Waals surface area contributed by atoms with Crippen LogP contribution in [-0.2, 0) is 0 Å². The Morgan fingerprint density at radius 2 is 1.12 bits per heavy atom. The molecule has 5 aromatic carbocycles. The van der Waals surface area contributed by atoms with Crippen molar-refractivity contribution in [1.82, 2.24) is 14.1 Å². The van der Waals surface area contributed by atoms with Crippen LogP contribution in [0, 0.1) is 20.4 Å². The van der Waals surface area contributed by atoms with Crippen molar-refractivity contribution in [2.75, 3.05) is 0 Å². The number of para-hydroxylation sites is 2. The van der Waals surface area contributed by atoms with Gasteiger partial charge in [-0.05, 0) is 61.4 Å². The highest BCUT2D eigenvalue weighted by atomic mass is 15.0. The second-order valence-corrected chi connectivity index (χ2v) is 11.0. The molecule has 198 valence electrons. The Hall–Kier alpha value is -5.66. The van der Waals surface area contributed by atoms with Crippen LogP contribution in [0.1, 0.15) is 11.1 Å². The molecule has 0 aliphatic heterocycles. The van der Waals surface area contributed by atoms with Gasteiger partial charge in [0, 0.05) is 50.8 Å². The van der Waals surface area contributed by atoms with Gasteiger partial charge in [0.05, 0.1) is 34.3 Å². The number of benzene rings is 5. The fourth-order valence-electron chi connectivity index (χ4n) is 6.47. The summed E-state index contributed by atoms with van der Waals surface area (Å²) in [6, 6.07) is 38.5. The van der Waals surface area contributed by atoms with Gasteiger partial charge in [0.25, 0.3) is 0 Å². The molecule has 0 bridgehead atoms. The molecule has 0 atom stereocenters. The third-order valence-corrected chi connectivity index (χ3v) is 8.34. The summed E-state index contributed by atoms with van der Waals surface area (Å²) in [6.45, 7) is 12.1. The number of nitrogens with zero attached hydrogens (tertiary/aromatic N) is 4. The van der Waals surface area contributed by atoms with E-state index in [0.29, 0.717) is 5.69 Å². The van der Waals surface area contributed by atoms with Crippen molar-refractivity contribution in [3.05, 3.63) is 144 Å². The number of pyridine rings is 1. The van der Waals surface area contributed by atoms with Crippen molar-refractivity contribution in [2.24, 2.45) is 0 Å². The van der Waals surface area contributed by atoms with Crippen molar-refractivity contribution in [2.45, 2.75) is 13.8 Å². The van der Waals surface area contributed by atoms with Gasteiger partial charge in [-0.25, -0.2) is 4.85 Å². The lowest BCUT2D eigenvalue weighted by Crippen LogP contribution is -2.02. The molecule has 0 saturated heterocycles. The molecule has 0 fully saturated rings. The molecule has 0 aliphatic rings. The second kappa shape index (κ2) is 9.19. The zero-order valence-corrected chi connectivity index (χ0v) is 23.3. The lowest BCUT2D eigenvalue weighted by molar-refractivity contribution is 1.14. The van der Waals surface area contributed by atoms with Crippen LogP contribution in [0.15, 0.2) is 122 Å². The van der Waals surface area contributed by atoms with Crippen molar-refractivity contribution < 1.29 is 0 Å². The minimum atomic E-state index is 0.602. The highest BCUT2D eigenvalue weighted by Crippen LogP contribution is 2.41. The second-order valence-electron chi connectivity index (χ2n) is 11.0. The van der Waals surface area contributed by atoms with E-state index in [1.807, 2.05) is 24.5 Å². The van der Waals surface area contributed by atoms with Gasteiger partial charge in [-0.2, -0.15) is 0 Å². The van der Waals surface area contributed by atoms with Gasteiger partial charge in [0.15, 0.2) is 5.69 Å². The first-order valence-corrected chi connectivity index (χ1v) is 14.1. The third kappa shape index (κ3) is 3.51. The largest absolute Gasteiger partial charge is 0.310 e. The first-order valence-electron chi connectivity index (χ1n) is 14.1. The minimum absolute atomic E-state index is 0.602. The van der Waals surface area contributed by atoms with Crippen LogP contribution in [-0.4, -0.2) is 14.1 Å². The molecular formula is C38H26N4. The zero-order valence-electron chi connectivity index (χ0n) is 23.3. The average molecular weight is 539 g/mol. The summed E-state index contributed by atoms with van der Waals surface area (Å²) in [7, 11) is 0. The Kier molecular flexibility index (Phi) is 5.29. The highest BCUT2D eigenvalue weighted by molar-refractivity contribution is 6.11. The predicted octanol–water partition coefficient (Wildman–Crippen LogP) is 10.1. The number of hydrogen-bond acceptors (Lipinski definition) is 1. The first-order chi connectivity index (χ1) is 20.6. The highest BCUT2D eigenvalue weighted by Gasteiger charge is 2.20. The molecule has 0 saturated carbocycles. The Morgan fingerprint density at radius 3 is 1.74 bits per heavy atom. The average Bonchev–Trinajstić information content (AvgIpc) is 3.52. The van der Waals surface area contributed by atoms with E-state index < -0.39 is 0 Å². The van der Waals surface area contributed by atoms with E-state index in [4.69, 9.17) is 6.57 Å². The van der Waals surface area contributed by atoms with Crippen LogP contribution >= 0.6 is 0 Å². The Labute approximate surface area is 243 Å². The molecule has 0 N–H and O–H groups in total. The first kappa shape index (κ1) is 24.2. The maximum atomic E-state index is 7.86. The standard InChI is InChI=1S/C38H26N4/c1-24-12-15-29-27-8-4-6-10-33(27)41(36(29)20-24)35-18-19-40-23-32(35)31-17-14-26(39-3)22-38(31)42-34-11-7-5-9-28(34)30-16-13-25(2)21-37(30)42/h4-23H,1-2H3. The van der Waals surface area contributed by atoms with Crippen LogP contribution in [0.25, 0.3) is 71.0 Å². The van der Waals surface area contributed by atoms with Crippen molar-refractivity contribution in [3.63, 3.8) is 0 Å². The molecule has 0 spiro atoms.